The fourth-order valence-corrected chi connectivity index (χ4v) is 7.05. The fraction of sp³-hybridized carbons (Fsp3) is 0.548. The molecule has 1 saturated heterocycles. The van der Waals surface area contributed by atoms with Crippen molar-refractivity contribution in [1.82, 2.24) is 14.6 Å². The number of oxazole rings is 1. The van der Waals surface area contributed by atoms with Gasteiger partial charge < -0.3 is 14.1 Å². The number of carbonyl (C=O) groups is 1. The van der Waals surface area contributed by atoms with E-state index in [9.17, 15) is 9.00 Å². The van der Waals surface area contributed by atoms with Crippen LogP contribution in [0.2, 0.25) is 0 Å². The first-order valence-corrected chi connectivity index (χ1v) is 15.4. The normalized spacial score (nSPS) is 18.4. The highest BCUT2D eigenvalue weighted by Gasteiger charge is 2.30. The quantitative estimate of drug-likeness (QED) is 0.374. The van der Waals surface area contributed by atoms with Crippen LogP contribution in [-0.2, 0) is 22.1 Å². The van der Waals surface area contributed by atoms with Crippen LogP contribution in [0.4, 0.5) is 0 Å². The molecule has 39 heavy (non-hydrogen) atoms. The second-order valence-electron chi connectivity index (χ2n) is 12.0. The predicted molar refractivity (Wildman–Crippen MR) is 155 cm³/mol. The number of hydrogen-bond donors (Lipinski definition) is 1. The van der Waals surface area contributed by atoms with E-state index in [1.165, 1.54) is 32.1 Å². The summed E-state index contributed by atoms with van der Waals surface area (Å²) >= 11 is 0. The van der Waals surface area contributed by atoms with Crippen LogP contribution in [-0.4, -0.2) is 51.8 Å². The monoisotopic (exact) mass is 551 g/mol. The van der Waals surface area contributed by atoms with Gasteiger partial charge in [-0.25, -0.2) is 13.9 Å². The van der Waals surface area contributed by atoms with Gasteiger partial charge in [0.2, 0.25) is 0 Å². The van der Waals surface area contributed by atoms with Crippen LogP contribution in [0.3, 0.4) is 0 Å². The molecular weight excluding hydrogens is 510 g/mol. The topological polar surface area (TPSA) is 84.7 Å². The Kier molecular flexibility index (Phi) is 8.55. The van der Waals surface area contributed by atoms with Gasteiger partial charge in [-0.15, -0.1) is 0 Å². The first kappa shape index (κ1) is 28.0. The van der Waals surface area contributed by atoms with E-state index in [4.69, 9.17) is 14.1 Å². The Morgan fingerprint density at radius 2 is 1.72 bits per heavy atom. The third kappa shape index (κ3) is 6.44. The average molecular weight is 552 g/mol. The van der Waals surface area contributed by atoms with Crippen molar-refractivity contribution in [2.24, 2.45) is 5.92 Å². The molecule has 1 atom stereocenters. The number of benzene rings is 2. The van der Waals surface area contributed by atoms with Crippen molar-refractivity contribution >= 4 is 27.7 Å². The molecule has 210 valence electrons. The number of amides is 1. The van der Waals surface area contributed by atoms with Gasteiger partial charge in [-0.1, -0.05) is 56.4 Å². The Morgan fingerprint density at radius 1 is 1.03 bits per heavy atom. The van der Waals surface area contributed by atoms with E-state index < -0.39 is 11.0 Å². The second kappa shape index (κ2) is 11.9. The maximum absolute atomic E-state index is 13.6. The summed E-state index contributed by atoms with van der Waals surface area (Å²) in [7, 11) is 0.456. The van der Waals surface area contributed by atoms with Gasteiger partial charge in [0, 0.05) is 37.4 Å². The summed E-state index contributed by atoms with van der Waals surface area (Å²) in [6.45, 7) is 7.34. The Morgan fingerprint density at radius 3 is 2.41 bits per heavy atom. The minimum atomic E-state index is -1.38. The van der Waals surface area contributed by atoms with Crippen molar-refractivity contribution < 1.29 is 18.2 Å². The number of rotatable bonds is 7. The third-order valence-electron chi connectivity index (χ3n) is 7.87. The lowest BCUT2D eigenvalue weighted by atomic mass is 9.85. The Bertz CT molecular complexity index is 1330. The molecule has 5 rings (SSSR count). The molecule has 2 aromatic carbocycles. The van der Waals surface area contributed by atoms with E-state index in [1.54, 1.807) is 4.90 Å². The summed E-state index contributed by atoms with van der Waals surface area (Å²) in [6.07, 6.45) is 8.53. The third-order valence-corrected chi connectivity index (χ3v) is 9.43. The van der Waals surface area contributed by atoms with Crippen molar-refractivity contribution in [3.63, 3.8) is 0 Å². The lowest BCUT2D eigenvalue weighted by Crippen LogP contribution is -2.40. The number of fused-ring (bicyclic) bond motifs is 1. The largest absolute Gasteiger partial charge is 0.432 e. The minimum Gasteiger partial charge on any atom is -0.432 e. The second-order valence-corrected chi connectivity index (χ2v) is 13.2. The Labute approximate surface area is 234 Å². The van der Waals surface area contributed by atoms with Gasteiger partial charge in [-0.2, -0.15) is 0 Å². The summed E-state index contributed by atoms with van der Waals surface area (Å²) in [5.74, 6) is 1.15. The minimum absolute atomic E-state index is 0.119. The zero-order valence-corrected chi connectivity index (χ0v) is 24.4. The molecular formula is C31H41N3O4S. The molecule has 3 aromatic rings. The van der Waals surface area contributed by atoms with Crippen LogP contribution >= 0.6 is 0 Å². The van der Waals surface area contributed by atoms with Gasteiger partial charge in [-0.05, 0) is 68.9 Å². The molecule has 1 aliphatic heterocycles. The van der Waals surface area contributed by atoms with Gasteiger partial charge >= 0.3 is 5.91 Å². The van der Waals surface area contributed by atoms with Gasteiger partial charge in [-0.3, -0.25) is 4.79 Å². The molecule has 1 unspecified atom stereocenters. The number of carbonyl (C=O) groups excluding carboxylic acids is 1. The van der Waals surface area contributed by atoms with Crippen molar-refractivity contribution in [1.29, 1.82) is 0 Å². The molecule has 2 heterocycles. The predicted octanol–water partition coefficient (Wildman–Crippen LogP) is 6.28. The molecule has 8 heteroatoms. The molecule has 2 aliphatic rings. The summed E-state index contributed by atoms with van der Waals surface area (Å²) in [4.78, 5) is 20.9. The molecule has 2 fully saturated rings. The lowest BCUT2D eigenvalue weighted by molar-refractivity contribution is 0.0341. The van der Waals surface area contributed by atoms with Crippen LogP contribution in [0.25, 0.3) is 22.1 Å². The molecule has 7 nitrogen and oxygen atoms in total. The van der Waals surface area contributed by atoms with Gasteiger partial charge in [0.25, 0.3) is 5.89 Å². The number of nitrogens with one attached hydrogen (secondary N) is 1. The Hall–Kier alpha value is -2.55. The average Bonchev–Trinajstić information content (AvgIpc) is 3.35. The molecule has 0 radical (unpaired) electrons. The van der Waals surface area contributed by atoms with E-state index >= 15 is 0 Å². The smallest absolute Gasteiger partial charge is 0.309 e. The SMILES string of the molecule is CN(C(=O)c1nc(CC2CCCCC2)c(-c2ccc(S(=O)NC(C)(C)C)c3ccccc23)o1)C1CCOCC1. The highest BCUT2D eigenvalue weighted by Crippen LogP contribution is 2.37. The van der Waals surface area contributed by atoms with Gasteiger partial charge in [0.1, 0.15) is 11.0 Å². The van der Waals surface area contributed by atoms with Crippen LogP contribution in [0.15, 0.2) is 45.7 Å². The van der Waals surface area contributed by atoms with Crippen molar-refractivity contribution in [3.8, 4) is 11.3 Å². The van der Waals surface area contributed by atoms with Crippen LogP contribution in [0.1, 0.15) is 82.1 Å². The van der Waals surface area contributed by atoms with Crippen LogP contribution in [0, 0.1) is 5.92 Å². The van der Waals surface area contributed by atoms with Crippen LogP contribution in [0.5, 0.6) is 0 Å². The summed E-state index contributed by atoms with van der Waals surface area (Å²) in [5, 5.41) is 1.84. The summed E-state index contributed by atoms with van der Waals surface area (Å²) < 4.78 is 28.3. The number of hydrogen-bond acceptors (Lipinski definition) is 5. The summed E-state index contributed by atoms with van der Waals surface area (Å²) in [6, 6.07) is 12.0. The number of aromatic nitrogens is 1. The summed E-state index contributed by atoms with van der Waals surface area (Å²) in [5.41, 5.74) is 1.43. The molecule has 0 bridgehead atoms. The van der Waals surface area contributed by atoms with E-state index in [-0.39, 0.29) is 23.4 Å². The molecule has 1 amide bonds. The lowest BCUT2D eigenvalue weighted by Gasteiger charge is -2.30. The highest BCUT2D eigenvalue weighted by atomic mass is 32.2. The maximum atomic E-state index is 13.6. The molecule has 1 aromatic heterocycles. The maximum Gasteiger partial charge on any atom is 0.309 e. The van der Waals surface area contributed by atoms with Crippen LogP contribution < -0.4 is 4.72 Å². The zero-order chi connectivity index (χ0) is 27.6. The first-order valence-electron chi connectivity index (χ1n) is 14.3. The number of ether oxygens (including phenoxy) is 1. The molecule has 1 saturated carbocycles. The zero-order valence-electron chi connectivity index (χ0n) is 23.6. The highest BCUT2D eigenvalue weighted by molar-refractivity contribution is 7.83. The van der Waals surface area contributed by atoms with Crippen molar-refractivity contribution in [2.75, 3.05) is 20.3 Å². The molecule has 1 aliphatic carbocycles. The number of nitrogens with zero attached hydrogens (tertiary/aromatic N) is 2. The van der Waals surface area contributed by atoms with Gasteiger partial charge in [0.05, 0.1) is 10.6 Å². The molecule has 1 N–H and O–H groups in total. The van der Waals surface area contributed by atoms with E-state index in [2.05, 4.69) is 4.72 Å². The van der Waals surface area contributed by atoms with E-state index in [0.29, 0.717) is 24.9 Å². The van der Waals surface area contributed by atoms with E-state index in [0.717, 1.165) is 46.2 Å². The van der Waals surface area contributed by atoms with Gasteiger partial charge in [0.15, 0.2) is 5.76 Å². The standard InChI is InChI=1S/C31H41N3O4S/c1-31(2,3)33-39(36)27-15-14-25(23-12-8-9-13-24(23)27)28-26(20-21-10-6-5-7-11-21)32-29(38-28)30(35)34(4)22-16-18-37-19-17-22/h8-9,12-15,21-22,33H,5-7,10-11,16-20H2,1-4H3. The Balaban J connectivity index is 1.55. The van der Waals surface area contributed by atoms with Crippen molar-refractivity contribution in [2.45, 2.75) is 88.6 Å². The molecule has 0 spiro atoms. The fourth-order valence-electron chi connectivity index (χ4n) is 5.81. The first-order chi connectivity index (χ1) is 18.7. The van der Waals surface area contributed by atoms with E-state index in [1.807, 2.05) is 64.2 Å². The van der Waals surface area contributed by atoms with Crippen molar-refractivity contribution in [3.05, 3.63) is 48.0 Å².